The summed E-state index contributed by atoms with van der Waals surface area (Å²) in [6.07, 6.45) is 11.6. The van der Waals surface area contributed by atoms with Crippen molar-refractivity contribution in [1.82, 2.24) is 5.32 Å². The zero-order valence-electron chi connectivity index (χ0n) is 15.5. The van der Waals surface area contributed by atoms with Gasteiger partial charge in [-0.15, -0.1) is 0 Å². The first kappa shape index (κ1) is 17.5. The van der Waals surface area contributed by atoms with E-state index in [0.717, 1.165) is 32.8 Å². The van der Waals surface area contributed by atoms with Gasteiger partial charge in [0.15, 0.2) is 0 Å². The van der Waals surface area contributed by atoms with Crippen LogP contribution in [0.2, 0.25) is 0 Å². The van der Waals surface area contributed by atoms with Crippen molar-refractivity contribution in [2.75, 3.05) is 26.4 Å². The molecule has 2 fully saturated rings. The molecular weight excluding hydrogens is 310 g/mol. The molecule has 1 unspecified atom stereocenters. The van der Waals surface area contributed by atoms with Crippen molar-refractivity contribution in [2.45, 2.75) is 69.9 Å². The van der Waals surface area contributed by atoms with Crippen molar-refractivity contribution in [3.05, 3.63) is 35.4 Å². The number of fused-ring (bicyclic) bond motifs is 1. The van der Waals surface area contributed by atoms with Crippen molar-refractivity contribution >= 4 is 0 Å². The smallest absolute Gasteiger partial charge is 0.0587 e. The van der Waals surface area contributed by atoms with Gasteiger partial charge in [-0.25, -0.2) is 0 Å². The highest BCUT2D eigenvalue weighted by Gasteiger charge is 2.37. The van der Waals surface area contributed by atoms with Gasteiger partial charge in [-0.2, -0.15) is 0 Å². The van der Waals surface area contributed by atoms with Crippen molar-refractivity contribution in [1.29, 1.82) is 0 Å². The largest absolute Gasteiger partial charge is 0.381 e. The Balaban J connectivity index is 1.17. The van der Waals surface area contributed by atoms with Crippen LogP contribution in [0, 0.1) is 5.41 Å². The molecule has 1 aromatic carbocycles. The predicted octanol–water partition coefficient (Wildman–Crippen LogP) is 3.89. The second-order valence-electron chi connectivity index (χ2n) is 8.37. The first-order valence-corrected chi connectivity index (χ1v) is 10.3. The standard InChI is InChI=1S/C22H33NO2/c1-2-4-19-6-8-20(7-5-18(19)3-1)23-14-10-21-9-11-22(17-25-21)12-15-24-16-13-22/h1-4,20-21,23H,5-17H2. The van der Waals surface area contributed by atoms with Crippen molar-refractivity contribution < 1.29 is 9.47 Å². The highest BCUT2D eigenvalue weighted by molar-refractivity contribution is 5.28. The van der Waals surface area contributed by atoms with Crippen molar-refractivity contribution in [2.24, 2.45) is 5.41 Å². The molecule has 3 heteroatoms. The minimum absolute atomic E-state index is 0.440. The van der Waals surface area contributed by atoms with Crippen LogP contribution in [0.15, 0.2) is 24.3 Å². The van der Waals surface area contributed by atoms with Gasteiger partial charge in [0.1, 0.15) is 0 Å². The molecule has 1 atom stereocenters. The average molecular weight is 344 g/mol. The van der Waals surface area contributed by atoms with Gasteiger partial charge in [-0.1, -0.05) is 24.3 Å². The summed E-state index contributed by atoms with van der Waals surface area (Å²) in [5.74, 6) is 0. The fourth-order valence-electron chi connectivity index (χ4n) is 4.85. The van der Waals surface area contributed by atoms with Gasteiger partial charge < -0.3 is 14.8 Å². The summed E-state index contributed by atoms with van der Waals surface area (Å²) in [7, 11) is 0. The molecule has 3 nitrogen and oxygen atoms in total. The molecule has 4 rings (SSSR count). The third-order valence-electron chi connectivity index (χ3n) is 6.72. The molecule has 0 aromatic heterocycles. The molecule has 0 saturated carbocycles. The zero-order valence-corrected chi connectivity index (χ0v) is 15.5. The molecule has 25 heavy (non-hydrogen) atoms. The Hall–Kier alpha value is -0.900. The summed E-state index contributed by atoms with van der Waals surface area (Å²) in [6, 6.07) is 9.63. The molecule has 0 amide bonds. The lowest BCUT2D eigenvalue weighted by atomic mass is 9.75. The number of ether oxygens (including phenoxy) is 2. The van der Waals surface area contributed by atoms with Crippen molar-refractivity contribution in [3.8, 4) is 0 Å². The Morgan fingerprint density at radius 1 is 0.960 bits per heavy atom. The molecule has 1 aliphatic carbocycles. The van der Waals surface area contributed by atoms with E-state index in [1.807, 2.05) is 0 Å². The van der Waals surface area contributed by atoms with E-state index >= 15 is 0 Å². The first-order chi connectivity index (χ1) is 12.3. The van der Waals surface area contributed by atoms with Gasteiger partial charge in [0, 0.05) is 19.3 Å². The Morgan fingerprint density at radius 3 is 2.32 bits per heavy atom. The second-order valence-corrected chi connectivity index (χ2v) is 8.37. The lowest BCUT2D eigenvalue weighted by Gasteiger charge is -2.42. The highest BCUT2D eigenvalue weighted by Crippen LogP contribution is 2.40. The van der Waals surface area contributed by atoms with Crippen LogP contribution < -0.4 is 5.32 Å². The SMILES string of the molecule is c1ccc2c(c1)CCC(NCCC1CCC3(CCOCC3)CO1)CC2. The maximum atomic E-state index is 6.24. The quantitative estimate of drug-likeness (QED) is 0.842. The summed E-state index contributed by atoms with van der Waals surface area (Å²) < 4.78 is 11.8. The Morgan fingerprint density at radius 2 is 1.68 bits per heavy atom. The summed E-state index contributed by atoms with van der Waals surface area (Å²) in [6.45, 7) is 3.92. The third-order valence-corrected chi connectivity index (χ3v) is 6.72. The summed E-state index contributed by atoms with van der Waals surface area (Å²) in [5.41, 5.74) is 3.56. The van der Waals surface area contributed by atoms with Crippen LogP contribution in [0.4, 0.5) is 0 Å². The van der Waals surface area contributed by atoms with Crippen LogP contribution in [0.3, 0.4) is 0 Å². The monoisotopic (exact) mass is 343 g/mol. The van der Waals surface area contributed by atoms with E-state index in [0.29, 0.717) is 17.6 Å². The predicted molar refractivity (Wildman–Crippen MR) is 101 cm³/mol. The van der Waals surface area contributed by atoms with Gasteiger partial charge in [-0.05, 0) is 80.9 Å². The zero-order chi connectivity index (χ0) is 17.0. The molecule has 2 aliphatic heterocycles. The van der Waals surface area contributed by atoms with E-state index < -0.39 is 0 Å². The minimum Gasteiger partial charge on any atom is -0.381 e. The van der Waals surface area contributed by atoms with Crippen LogP contribution in [0.5, 0.6) is 0 Å². The van der Waals surface area contributed by atoms with E-state index in [2.05, 4.69) is 29.6 Å². The average Bonchev–Trinajstić information content (AvgIpc) is 2.87. The van der Waals surface area contributed by atoms with Crippen LogP contribution >= 0.6 is 0 Å². The number of hydrogen-bond acceptors (Lipinski definition) is 3. The maximum Gasteiger partial charge on any atom is 0.0587 e. The molecule has 138 valence electrons. The van der Waals surface area contributed by atoms with Crippen LogP contribution in [-0.2, 0) is 22.3 Å². The van der Waals surface area contributed by atoms with E-state index in [4.69, 9.17) is 9.47 Å². The number of nitrogens with one attached hydrogen (secondary N) is 1. The molecule has 3 aliphatic rings. The molecule has 1 spiro atoms. The molecule has 1 N–H and O–H groups in total. The minimum atomic E-state index is 0.440. The Bertz CT molecular complexity index is 516. The Labute approximate surface area is 152 Å². The fraction of sp³-hybridized carbons (Fsp3) is 0.727. The van der Waals surface area contributed by atoms with Crippen LogP contribution in [0.1, 0.15) is 56.1 Å². The normalized spacial score (nSPS) is 27.0. The van der Waals surface area contributed by atoms with E-state index in [1.54, 1.807) is 11.1 Å². The molecular formula is C22H33NO2. The van der Waals surface area contributed by atoms with Gasteiger partial charge in [0.25, 0.3) is 0 Å². The summed E-state index contributed by atoms with van der Waals surface area (Å²) >= 11 is 0. The molecule has 2 heterocycles. The van der Waals surface area contributed by atoms with E-state index in [-0.39, 0.29) is 0 Å². The number of hydrogen-bond donors (Lipinski definition) is 1. The molecule has 1 aromatic rings. The third kappa shape index (κ3) is 4.45. The summed E-state index contributed by atoms with van der Waals surface area (Å²) in [4.78, 5) is 0. The summed E-state index contributed by atoms with van der Waals surface area (Å²) in [5, 5.41) is 3.81. The fourth-order valence-corrected chi connectivity index (χ4v) is 4.85. The van der Waals surface area contributed by atoms with E-state index in [9.17, 15) is 0 Å². The first-order valence-electron chi connectivity index (χ1n) is 10.3. The Kier molecular flexibility index (Phi) is 5.74. The second kappa shape index (κ2) is 8.20. The number of aryl methyl sites for hydroxylation is 2. The lowest BCUT2D eigenvalue weighted by molar-refractivity contribution is -0.106. The molecule has 0 bridgehead atoms. The maximum absolute atomic E-state index is 6.24. The van der Waals surface area contributed by atoms with Crippen molar-refractivity contribution in [3.63, 3.8) is 0 Å². The van der Waals surface area contributed by atoms with Crippen LogP contribution in [0.25, 0.3) is 0 Å². The van der Waals surface area contributed by atoms with E-state index in [1.165, 1.54) is 51.4 Å². The van der Waals surface area contributed by atoms with Crippen LogP contribution in [-0.4, -0.2) is 38.5 Å². The molecule has 0 radical (unpaired) electrons. The van der Waals surface area contributed by atoms with Gasteiger partial charge in [-0.3, -0.25) is 0 Å². The van der Waals surface area contributed by atoms with Gasteiger partial charge in [0.05, 0.1) is 12.7 Å². The topological polar surface area (TPSA) is 30.5 Å². The number of benzene rings is 1. The number of rotatable bonds is 4. The van der Waals surface area contributed by atoms with Gasteiger partial charge >= 0.3 is 0 Å². The highest BCUT2D eigenvalue weighted by atomic mass is 16.5. The van der Waals surface area contributed by atoms with Gasteiger partial charge in [0.2, 0.25) is 0 Å². The molecule has 2 saturated heterocycles. The lowest BCUT2D eigenvalue weighted by Crippen LogP contribution is -2.41.